The van der Waals surface area contributed by atoms with E-state index in [1.165, 1.54) is 0 Å². The number of carbonyl (C=O) groups excluding carboxylic acids is 1. The molecule has 1 N–H and O–H groups in total. The van der Waals surface area contributed by atoms with Gasteiger partial charge in [-0.2, -0.15) is 0 Å². The second-order valence-electron chi connectivity index (χ2n) is 7.52. The van der Waals surface area contributed by atoms with E-state index in [9.17, 15) is 14.7 Å². The lowest BCUT2D eigenvalue weighted by atomic mass is 9.96. The van der Waals surface area contributed by atoms with Gasteiger partial charge in [0, 0.05) is 42.7 Å². The number of benzene rings is 2. The van der Waals surface area contributed by atoms with Crippen LogP contribution < -0.4 is 5.63 Å². The summed E-state index contributed by atoms with van der Waals surface area (Å²) in [6.07, 6.45) is -0.936. The van der Waals surface area contributed by atoms with E-state index in [0.717, 1.165) is 37.1 Å². The van der Waals surface area contributed by atoms with Gasteiger partial charge in [-0.05, 0) is 37.7 Å². The molecule has 1 aliphatic rings. The van der Waals surface area contributed by atoms with Gasteiger partial charge in [0.15, 0.2) is 0 Å². The molecule has 0 bridgehead atoms. The molecule has 1 unspecified atom stereocenters. The minimum atomic E-state index is -0.936. The number of hydrogen-bond donors (Lipinski definition) is 1. The molecule has 1 aromatic heterocycles. The maximum absolute atomic E-state index is 12.8. The molecule has 3 aromatic rings. The van der Waals surface area contributed by atoms with Gasteiger partial charge in [0.1, 0.15) is 11.9 Å². The SMILES string of the molecule is CC(O)c1oc(=O)c2ccccc2c1-c1ccc(C(=O)N2CCN(C)CC2)cc1. The fourth-order valence-corrected chi connectivity index (χ4v) is 3.78. The Kier molecular flexibility index (Phi) is 5.22. The number of hydrogen-bond acceptors (Lipinski definition) is 5. The van der Waals surface area contributed by atoms with Crippen molar-refractivity contribution in [3.63, 3.8) is 0 Å². The maximum Gasteiger partial charge on any atom is 0.343 e. The smallest absolute Gasteiger partial charge is 0.343 e. The summed E-state index contributed by atoms with van der Waals surface area (Å²) in [5, 5.41) is 11.4. The van der Waals surface area contributed by atoms with Crippen LogP contribution in [-0.2, 0) is 0 Å². The van der Waals surface area contributed by atoms with Crippen molar-refractivity contribution in [3.05, 3.63) is 70.3 Å². The summed E-state index contributed by atoms with van der Waals surface area (Å²) in [4.78, 5) is 29.2. The number of rotatable bonds is 3. The van der Waals surface area contributed by atoms with Gasteiger partial charge in [-0.3, -0.25) is 4.79 Å². The molecular formula is C23H24N2O4. The fourth-order valence-electron chi connectivity index (χ4n) is 3.78. The molecule has 4 rings (SSSR count). The zero-order valence-electron chi connectivity index (χ0n) is 16.6. The van der Waals surface area contributed by atoms with Crippen LogP contribution in [0.3, 0.4) is 0 Å². The predicted octanol–water partition coefficient (Wildman–Crippen LogP) is 2.90. The summed E-state index contributed by atoms with van der Waals surface area (Å²) in [5.74, 6) is 0.247. The van der Waals surface area contributed by atoms with Crippen LogP contribution in [0.4, 0.5) is 0 Å². The highest BCUT2D eigenvalue weighted by atomic mass is 16.4. The van der Waals surface area contributed by atoms with Crippen LogP contribution in [0.1, 0.15) is 29.1 Å². The number of carbonyl (C=O) groups is 1. The van der Waals surface area contributed by atoms with Crippen molar-refractivity contribution in [2.24, 2.45) is 0 Å². The molecule has 2 aromatic carbocycles. The molecule has 6 heteroatoms. The van der Waals surface area contributed by atoms with Crippen molar-refractivity contribution < 1.29 is 14.3 Å². The minimum absolute atomic E-state index is 0.0184. The molecule has 0 aliphatic carbocycles. The number of aliphatic hydroxyl groups is 1. The van der Waals surface area contributed by atoms with Crippen molar-refractivity contribution in [2.75, 3.05) is 33.2 Å². The normalized spacial score (nSPS) is 16.2. The lowest BCUT2D eigenvalue weighted by molar-refractivity contribution is 0.0664. The standard InChI is InChI=1S/C23H24N2O4/c1-15(26)21-20(18-5-3-4-6-19(18)23(28)29-21)16-7-9-17(10-8-16)22(27)25-13-11-24(2)12-14-25/h3-10,15,26H,11-14H2,1-2H3. The highest BCUT2D eigenvalue weighted by Gasteiger charge is 2.22. The molecule has 0 radical (unpaired) electrons. The van der Waals surface area contributed by atoms with Crippen molar-refractivity contribution in [3.8, 4) is 11.1 Å². The van der Waals surface area contributed by atoms with Gasteiger partial charge in [0.05, 0.1) is 5.39 Å². The van der Waals surface area contributed by atoms with Crippen molar-refractivity contribution in [1.29, 1.82) is 0 Å². The first-order valence-electron chi connectivity index (χ1n) is 9.78. The van der Waals surface area contributed by atoms with E-state index in [0.29, 0.717) is 16.5 Å². The number of aliphatic hydroxyl groups excluding tert-OH is 1. The van der Waals surface area contributed by atoms with Gasteiger partial charge in [-0.15, -0.1) is 0 Å². The molecule has 1 atom stereocenters. The van der Waals surface area contributed by atoms with Crippen LogP contribution >= 0.6 is 0 Å². The number of likely N-dealkylation sites (N-methyl/N-ethyl adjacent to an activating group) is 1. The van der Waals surface area contributed by atoms with Crippen LogP contribution in [0.5, 0.6) is 0 Å². The van der Waals surface area contributed by atoms with Crippen molar-refractivity contribution >= 4 is 16.7 Å². The maximum atomic E-state index is 12.8. The molecule has 6 nitrogen and oxygen atoms in total. The summed E-state index contributed by atoms with van der Waals surface area (Å²) in [7, 11) is 2.05. The second-order valence-corrected chi connectivity index (χ2v) is 7.52. The quantitative estimate of drug-likeness (QED) is 0.742. The third-order valence-corrected chi connectivity index (χ3v) is 5.46. The highest BCUT2D eigenvalue weighted by Crippen LogP contribution is 2.34. The molecule has 1 aliphatic heterocycles. The fraction of sp³-hybridized carbons (Fsp3) is 0.304. The Morgan fingerprint density at radius 1 is 1.00 bits per heavy atom. The summed E-state index contributed by atoms with van der Waals surface area (Å²) in [6, 6.07) is 14.5. The molecule has 29 heavy (non-hydrogen) atoms. The van der Waals surface area contributed by atoms with Crippen molar-refractivity contribution in [2.45, 2.75) is 13.0 Å². The van der Waals surface area contributed by atoms with Gasteiger partial charge in [0.2, 0.25) is 0 Å². The number of piperazine rings is 1. The van der Waals surface area contributed by atoms with Crippen LogP contribution in [0, 0.1) is 0 Å². The Labute approximate surface area is 169 Å². The average Bonchev–Trinajstić information content (AvgIpc) is 2.74. The predicted molar refractivity (Wildman–Crippen MR) is 112 cm³/mol. The highest BCUT2D eigenvalue weighted by molar-refractivity contribution is 5.98. The van der Waals surface area contributed by atoms with Gasteiger partial charge in [-0.25, -0.2) is 4.79 Å². The largest absolute Gasteiger partial charge is 0.424 e. The minimum Gasteiger partial charge on any atom is -0.424 e. The molecule has 0 spiro atoms. The topological polar surface area (TPSA) is 74.0 Å². The monoisotopic (exact) mass is 392 g/mol. The lowest BCUT2D eigenvalue weighted by Gasteiger charge is -2.32. The van der Waals surface area contributed by atoms with Crippen molar-refractivity contribution in [1.82, 2.24) is 9.80 Å². The zero-order chi connectivity index (χ0) is 20.5. The Balaban J connectivity index is 1.74. The first-order chi connectivity index (χ1) is 14.0. The first-order valence-corrected chi connectivity index (χ1v) is 9.78. The number of amides is 1. The summed E-state index contributed by atoms with van der Waals surface area (Å²) in [6.45, 7) is 4.75. The molecule has 2 heterocycles. The molecule has 1 fully saturated rings. The van der Waals surface area contributed by atoms with Gasteiger partial charge in [-0.1, -0.05) is 30.3 Å². The molecule has 0 saturated carbocycles. The van der Waals surface area contributed by atoms with E-state index in [-0.39, 0.29) is 11.7 Å². The Bertz CT molecular complexity index is 1090. The zero-order valence-corrected chi connectivity index (χ0v) is 16.6. The summed E-state index contributed by atoms with van der Waals surface area (Å²) >= 11 is 0. The Morgan fingerprint density at radius 2 is 1.62 bits per heavy atom. The first kappa shape index (κ1) is 19.4. The van der Waals surface area contributed by atoms with Crippen LogP contribution in [-0.4, -0.2) is 54.0 Å². The lowest BCUT2D eigenvalue weighted by Crippen LogP contribution is -2.47. The molecular weight excluding hydrogens is 368 g/mol. The third kappa shape index (κ3) is 3.69. The molecule has 1 amide bonds. The van der Waals surface area contributed by atoms with E-state index in [1.54, 1.807) is 31.2 Å². The second kappa shape index (κ2) is 7.81. The van der Waals surface area contributed by atoms with Crippen LogP contribution in [0.15, 0.2) is 57.7 Å². The van der Waals surface area contributed by atoms with E-state index in [4.69, 9.17) is 4.42 Å². The third-order valence-electron chi connectivity index (χ3n) is 5.46. The van der Waals surface area contributed by atoms with E-state index in [2.05, 4.69) is 11.9 Å². The van der Waals surface area contributed by atoms with E-state index in [1.807, 2.05) is 29.2 Å². The van der Waals surface area contributed by atoms with Crippen LogP contribution in [0.25, 0.3) is 21.9 Å². The number of fused-ring (bicyclic) bond motifs is 1. The summed E-state index contributed by atoms with van der Waals surface area (Å²) in [5.41, 5.74) is 1.62. The van der Waals surface area contributed by atoms with Crippen LogP contribution in [0.2, 0.25) is 0 Å². The van der Waals surface area contributed by atoms with E-state index >= 15 is 0 Å². The van der Waals surface area contributed by atoms with Gasteiger partial charge >= 0.3 is 5.63 Å². The number of nitrogens with zero attached hydrogens (tertiary/aromatic N) is 2. The van der Waals surface area contributed by atoms with E-state index < -0.39 is 11.7 Å². The molecule has 1 saturated heterocycles. The van der Waals surface area contributed by atoms with Gasteiger partial charge in [0.25, 0.3) is 5.91 Å². The van der Waals surface area contributed by atoms with Gasteiger partial charge < -0.3 is 19.3 Å². The Hall–Kier alpha value is -2.96. The Morgan fingerprint density at radius 3 is 2.24 bits per heavy atom. The average molecular weight is 392 g/mol. The summed E-state index contributed by atoms with van der Waals surface area (Å²) < 4.78 is 5.44. The molecule has 150 valence electrons.